The predicted molar refractivity (Wildman–Crippen MR) is 80.1 cm³/mol. The molecule has 6 heteroatoms. The molecule has 0 amide bonds. The Morgan fingerprint density at radius 1 is 1.36 bits per heavy atom. The summed E-state index contributed by atoms with van der Waals surface area (Å²) >= 11 is 0. The summed E-state index contributed by atoms with van der Waals surface area (Å²) in [4.78, 5) is 6.66. The molecule has 22 heavy (non-hydrogen) atoms. The molecule has 0 spiro atoms. The van der Waals surface area contributed by atoms with Crippen LogP contribution in [0.5, 0.6) is 0 Å². The summed E-state index contributed by atoms with van der Waals surface area (Å²) in [7, 11) is 0. The molecule has 0 atom stereocenters. The second-order valence-corrected chi connectivity index (χ2v) is 6.49. The molecule has 1 aliphatic heterocycles. The highest BCUT2D eigenvalue weighted by Gasteiger charge is 2.40. The van der Waals surface area contributed by atoms with Crippen LogP contribution in [-0.2, 0) is 6.54 Å². The lowest BCUT2D eigenvalue weighted by molar-refractivity contribution is -0.0374. The normalized spacial score (nSPS) is 17.7. The van der Waals surface area contributed by atoms with Crippen molar-refractivity contribution in [3.05, 3.63) is 41.9 Å². The van der Waals surface area contributed by atoms with Crippen LogP contribution in [0.2, 0.25) is 0 Å². The standard InChI is InChI=1S/C16H20F2N4/c1-12-6-13(8-19-15(12)22-5-3-4-20-22)9-21-10-16(2,11-21)7-14(17)18/h3-6,8,14H,7,9-11H2,1-2H3. The third-order valence-electron chi connectivity index (χ3n) is 4.09. The van der Waals surface area contributed by atoms with Gasteiger partial charge in [0.15, 0.2) is 5.82 Å². The summed E-state index contributed by atoms with van der Waals surface area (Å²) in [6.07, 6.45) is 3.19. The van der Waals surface area contributed by atoms with E-state index in [2.05, 4.69) is 21.0 Å². The van der Waals surface area contributed by atoms with E-state index in [1.165, 1.54) is 0 Å². The average molecular weight is 306 g/mol. The molecule has 3 heterocycles. The number of alkyl halides is 2. The van der Waals surface area contributed by atoms with Crippen LogP contribution >= 0.6 is 0 Å². The fourth-order valence-electron chi connectivity index (χ4n) is 3.25. The number of hydrogen-bond donors (Lipinski definition) is 0. The number of aryl methyl sites for hydroxylation is 1. The van der Waals surface area contributed by atoms with Gasteiger partial charge in [-0.15, -0.1) is 0 Å². The number of aromatic nitrogens is 3. The molecule has 0 unspecified atom stereocenters. The lowest BCUT2D eigenvalue weighted by Crippen LogP contribution is -2.54. The summed E-state index contributed by atoms with van der Waals surface area (Å²) in [6, 6.07) is 3.95. The minimum atomic E-state index is -2.22. The first-order chi connectivity index (χ1) is 10.5. The van der Waals surface area contributed by atoms with Gasteiger partial charge in [-0.3, -0.25) is 4.90 Å². The molecule has 3 rings (SSSR count). The number of rotatable bonds is 5. The van der Waals surface area contributed by atoms with Crippen molar-refractivity contribution in [3.8, 4) is 5.82 Å². The summed E-state index contributed by atoms with van der Waals surface area (Å²) in [5.41, 5.74) is 1.91. The zero-order valence-electron chi connectivity index (χ0n) is 12.8. The van der Waals surface area contributed by atoms with Crippen LogP contribution in [0.4, 0.5) is 8.78 Å². The fraction of sp³-hybridized carbons (Fsp3) is 0.500. The maximum absolute atomic E-state index is 12.5. The zero-order chi connectivity index (χ0) is 15.7. The van der Waals surface area contributed by atoms with Gasteiger partial charge in [0, 0.05) is 44.6 Å². The minimum Gasteiger partial charge on any atom is -0.298 e. The van der Waals surface area contributed by atoms with Gasteiger partial charge in [-0.25, -0.2) is 18.4 Å². The van der Waals surface area contributed by atoms with E-state index in [1.807, 2.05) is 32.3 Å². The van der Waals surface area contributed by atoms with E-state index in [9.17, 15) is 8.78 Å². The highest BCUT2D eigenvalue weighted by Crippen LogP contribution is 2.36. The van der Waals surface area contributed by atoms with Crippen molar-refractivity contribution in [3.63, 3.8) is 0 Å². The highest BCUT2D eigenvalue weighted by molar-refractivity contribution is 5.34. The quantitative estimate of drug-likeness (QED) is 0.851. The minimum absolute atomic E-state index is 0.0149. The molecule has 4 nitrogen and oxygen atoms in total. The topological polar surface area (TPSA) is 34.0 Å². The summed E-state index contributed by atoms with van der Waals surface area (Å²) < 4.78 is 26.7. The Balaban J connectivity index is 1.62. The molecule has 0 saturated carbocycles. The van der Waals surface area contributed by atoms with Gasteiger partial charge in [0.05, 0.1) is 0 Å². The Bertz CT molecular complexity index is 634. The number of likely N-dealkylation sites (tertiary alicyclic amines) is 1. The van der Waals surface area contributed by atoms with E-state index >= 15 is 0 Å². The Hall–Kier alpha value is -1.82. The third-order valence-corrected chi connectivity index (χ3v) is 4.09. The van der Waals surface area contributed by atoms with Crippen molar-refractivity contribution in [2.75, 3.05) is 13.1 Å². The van der Waals surface area contributed by atoms with Crippen LogP contribution < -0.4 is 0 Å². The monoisotopic (exact) mass is 306 g/mol. The van der Waals surface area contributed by atoms with Crippen molar-refractivity contribution < 1.29 is 8.78 Å². The second kappa shape index (κ2) is 5.76. The Morgan fingerprint density at radius 2 is 2.14 bits per heavy atom. The molecule has 1 fully saturated rings. The van der Waals surface area contributed by atoms with Crippen LogP contribution in [0, 0.1) is 12.3 Å². The number of halogens is 2. The molecule has 2 aromatic rings. The molecule has 0 aromatic carbocycles. The van der Waals surface area contributed by atoms with Gasteiger partial charge in [-0.2, -0.15) is 5.10 Å². The number of hydrogen-bond acceptors (Lipinski definition) is 3. The maximum atomic E-state index is 12.5. The molecule has 0 aliphatic carbocycles. The van der Waals surface area contributed by atoms with Crippen molar-refractivity contribution in [1.82, 2.24) is 19.7 Å². The smallest absolute Gasteiger partial charge is 0.239 e. The predicted octanol–water partition coefficient (Wildman–Crippen LogP) is 3.05. The van der Waals surface area contributed by atoms with E-state index in [4.69, 9.17) is 0 Å². The molecule has 118 valence electrons. The van der Waals surface area contributed by atoms with E-state index in [1.54, 1.807) is 10.9 Å². The lowest BCUT2D eigenvalue weighted by Gasteiger charge is -2.48. The van der Waals surface area contributed by atoms with Gasteiger partial charge in [-0.1, -0.05) is 6.92 Å². The molecule has 0 bridgehead atoms. The van der Waals surface area contributed by atoms with Gasteiger partial charge in [-0.05, 0) is 35.6 Å². The zero-order valence-corrected chi connectivity index (χ0v) is 12.8. The van der Waals surface area contributed by atoms with Crippen LogP contribution in [0.3, 0.4) is 0 Å². The summed E-state index contributed by atoms with van der Waals surface area (Å²) in [6.45, 7) is 6.13. The number of nitrogens with zero attached hydrogens (tertiary/aromatic N) is 4. The molecular weight excluding hydrogens is 286 g/mol. The second-order valence-electron chi connectivity index (χ2n) is 6.49. The van der Waals surface area contributed by atoms with Crippen LogP contribution in [0.25, 0.3) is 5.82 Å². The molecule has 2 aromatic heterocycles. The SMILES string of the molecule is Cc1cc(CN2CC(C)(CC(F)F)C2)cnc1-n1cccn1. The largest absolute Gasteiger partial charge is 0.298 e. The third kappa shape index (κ3) is 3.16. The van der Waals surface area contributed by atoms with Gasteiger partial charge >= 0.3 is 0 Å². The average Bonchev–Trinajstić information content (AvgIpc) is 2.89. The highest BCUT2D eigenvalue weighted by atomic mass is 19.3. The molecular formula is C16H20F2N4. The van der Waals surface area contributed by atoms with Crippen molar-refractivity contribution in [2.24, 2.45) is 5.41 Å². The van der Waals surface area contributed by atoms with Gasteiger partial charge in [0.25, 0.3) is 0 Å². The van der Waals surface area contributed by atoms with Gasteiger partial charge < -0.3 is 0 Å². The van der Waals surface area contributed by atoms with Crippen LogP contribution in [0.1, 0.15) is 24.5 Å². The van der Waals surface area contributed by atoms with E-state index in [0.29, 0.717) is 0 Å². The first kappa shape index (κ1) is 15.1. The molecule has 0 radical (unpaired) electrons. The summed E-state index contributed by atoms with van der Waals surface area (Å²) in [5.74, 6) is 0.819. The van der Waals surface area contributed by atoms with E-state index in [0.717, 1.165) is 36.6 Å². The van der Waals surface area contributed by atoms with Crippen molar-refractivity contribution in [2.45, 2.75) is 33.2 Å². The first-order valence-electron chi connectivity index (χ1n) is 7.41. The van der Waals surface area contributed by atoms with E-state index in [-0.39, 0.29) is 11.8 Å². The molecule has 1 aliphatic rings. The van der Waals surface area contributed by atoms with E-state index < -0.39 is 6.43 Å². The Labute approximate surface area is 128 Å². The van der Waals surface area contributed by atoms with Gasteiger partial charge in [0.1, 0.15) is 0 Å². The summed E-state index contributed by atoms with van der Waals surface area (Å²) in [5, 5.41) is 4.18. The van der Waals surface area contributed by atoms with Crippen LogP contribution in [0.15, 0.2) is 30.7 Å². The van der Waals surface area contributed by atoms with Gasteiger partial charge in [0.2, 0.25) is 6.43 Å². The van der Waals surface area contributed by atoms with Crippen molar-refractivity contribution >= 4 is 0 Å². The Morgan fingerprint density at radius 3 is 2.73 bits per heavy atom. The Kier molecular flexibility index (Phi) is 3.95. The van der Waals surface area contributed by atoms with Crippen LogP contribution in [-0.4, -0.2) is 39.2 Å². The first-order valence-corrected chi connectivity index (χ1v) is 7.41. The molecule has 0 N–H and O–H groups in total. The van der Waals surface area contributed by atoms with Crippen molar-refractivity contribution in [1.29, 1.82) is 0 Å². The number of pyridine rings is 1. The molecule has 1 saturated heterocycles. The fourth-order valence-corrected chi connectivity index (χ4v) is 3.25. The lowest BCUT2D eigenvalue weighted by atomic mass is 9.79. The maximum Gasteiger partial charge on any atom is 0.239 e.